The molecule has 6 nitrogen and oxygen atoms in total. The van der Waals surface area contributed by atoms with E-state index in [0.29, 0.717) is 31.1 Å². The Labute approximate surface area is 187 Å². The predicted octanol–water partition coefficient (Wildman–Crippen LogP) is 4.61. The Hall–Kier alpha value is -2.67. The van der Waals surface area contributed by atoms with E-state index in [1.54, 1.807) is 0 Å². The highest BCUT2D eigenvalue weighted by Crippen LogP contribution is 2.44. The van der Waals surface area contributed by atoms with Crippen molar-refractivity contribution in [2.24, 2.45) is 0 Å². The minimum atomic E-state index is -0.220. The van der Waals surface area contributed by atoms with Gasteiger partial charge in [0.25, 0.3) is 5.91 Å². The summed E-state index contributed by atoms with van der Waals surface area (Å²) in [7, 11) is 0. The van der Waals surface area contributed by atoms with E-state index < -0.39 is 0 Å². The summed E-state index contributed by atoms with van der Waals surface area (Å²) in [5.41, 5.74) is 2.56. The van der Waals surface area contributed by atoms with Gasteiger partial charge in [0, 0.05) is 31.0 Å². The minimum absolute atomic E-state index is 0.0912. The molecule has 2 aromatic rings. The molecule has 1 spiro atoms. The van der Waals surface area contributed by atoms with Crippen molar-refractivity contribution in [1.82, 2.24) is 9.80 Å². The van der Waals surface area contributed by atoms with Crippen molar-refractivity contribution in [3.05, 3.63) is 59.7 Å². The SMILES string of the molecule is CCOc1ccccc1NC(=O)N1CCC2(CC1)SCCN2C(=O)c1ccc(C)cc1. The van der Waals surface area contributed by atoms with Crippen molar-refractivity contribution in [3.8, 4) is 5.75 Å². The maximum atomic E-state index is 13.2. The van der Waals surface area contributed by atoms with Crippen molar-refractivity contribution in [2.45, 2.75) is 31.6 Å². The van der Waals surface area contributed by atoms with Crippen molar-refractivity contribution >= 4 is 29.4 Å². The van der Waals surface area contributed by atoms with Crippen LogP contribution in [0.2, 0.25) is 0 Å². The van der Waals surface area contributed by atoms with E-state index in [9.17, 15) is 9.59 Å². The van der Waals surface area contributed by atoms with Crippen molar-refractivity contribution in [1.29, 1.82) is 0 Å². The fourth-order valence-electron chi connectivity index (χ4n) is 4.27. The summed E-state index contributed by atoms with van der Waals surface area (Å²) < 4.78 is 5.61. The molecule has 1 N–H and O–H groups in total. The normalized spacial score (nSPS) is 17.6. The maximum Gasteiger partial charge on any atom is 0.321 e. The number of urea groups is 1. The fraction of sp³-hybridized carbons (Fsp3) is 0.417. The zero-order chi connectivity index (χ0) is 21.8. The quantitative estimate of drug-likeness (QED) is 0.756. The van der Waals surface area contributed by atoms with Crippen LogP contribution in [0.5, 0.6) is 5.75 Å². The van der Waals surface area contributed by atoms with Gasteiger partial charge in [0.05, 0.1) is 17.2 Å². The number of carbonyl (C=O) groups excluding carboxylic acids is 2. The molecule has 7 heteroatoms. The number of anilines is 1. The zero-order valence-corrected chi connectivity index (χ0v) is 18.9. The van der Waals surface area contributed by atoms with Crippen LogP contribution in [-0.2, 0) is 0 Å². The lowest BCUT2D eigenvalue weighted by molar-refractivity contribution is 0.0585. The molecule has 0 atom stereocenters. The van der Waals surface area contributed by atoms with Crippen LogP contribution < -0.4 is 10.1 Å². The van der Waals surface area contributed by atoms with E-state index in [1.165, 1.54) is 0 Å². The maximum absolute atomic E-state index is 13.2. The number of nitrogens with one attached hydrogen (secondary N) is 1. The molecule has 31 heavy (non-hydrogen) atoms. The molecule has 2 saturated heterocycles. The van der Waals surface area contributed by atoms with E-state index in [2.05, 4.69) is 5.32 Å². The van der Waals surface area contributed by atoms with Crippen LogP contribution in [0.15, 0.2) is 48.5 Å². The number of amides is 3. The molecular formula is C24H29N3O3S. The van der Waals surface area contributed by atoms with E-state index in [1.807, 2.05) is 83.9 Å². The molecule has 4 rings (SSSR count). The molecule has 0 bridgehead atoms. The lowest BCUT2D eigenvalue weighted by Gasteiger charge is -2.44. The summed E-state index contributed by atoms with van der Waals surface area (Å²) in [6.45, 7) is 6.48. The number of para-hydroxylation sites is 2. The number of benzene rings is 2. The number of aryl methyl sites for hydroxylation is 1. The molecule has 0 aliphatic carbocycles. The molecular weight excluding hydrogens is 410 g/mol. The van der Waals surface area contributed by atoms with Gasteiger partial charge in [-0.2, -0.15) is 0 Å². The molecule has 2 aromatic carbocycles. The number of hydrogen-bond acceptors (Lipinski definition) is 4. The number of hydrogen-bond donors (Lipinski definition) is 1. The molecule has 0 unspecified atom stereocenters. The Morgan fingerprint density at radius 2 is 1.77 bits per heavy atom. The van der Waals surface area contributed by atoms with Gasteiger partial charge in [-0.25, -0.2) is 4.79 Å². The van der Waals surface area contributed by atoms with Crippen molar-refractivity contribution in [2.75, 3.05) is 37.3 Å². The van der Waals surface area contributed by atoms with Crippen LogP contribution in [0, 0.1) is 6.92 Å². The van der Waals surface area contributed by atoms with E-state index in [0.717, 1.165) is 36.3 Å². The standard InChI is InChI=1S/C24H29N3O3S/c1-3-30-21-7-5-4-6-20(21)25-23(29)26-14-12-24(13-15-26)27(16-17-31-24)22(28)19-10-8-18(2)9-11-19/h4-11H,3,12-17H2,1-2H3,(H,25,29). The first kappa shape index (κ1) is 21.6. The van der Waals surface area contributed by atoms with Crippen molar-refractivity contribution < 1.29 is 14.3 Å². The van der Waals surface area contributed by atoms with Crippen LogP contribution >= 0.6 is 11.8 Å². The molecule has 2 aliphatic heterocycles. The van der Waals surface area contributed by atoms with Crippen LogP contribution in [0.1, 0.15) is 35.7 Å². The minimum Gasteiger partial charge on any atom is -0.492 e. The highest BCUT2D eigenvalue weighted by molar-refractivity contribution is 8.00. The molecule has 164 valence electrons. The summed E-state index contributed by atoms with van der Waals surface area (Å²) in [6.07, 6.45) is 1.55. The number of piperidine rings is 1. The number of carbonyl (C=O) groups is 2. The summed E-state index contributed by atoms with van der Waals surface area (Å²) in [5, 5.41) is 2.98. The summed E-state index contributed by atoms with van der Waals surface area (Å²) in [4.78, 5) is 29.7. The first-order valence-corrected chi connectivity index (χ1v) is 11.8. The number of thioether (sulfide) groups is 1. The average molecular weight is 440 g/mol. The van der Waals surface area contributed by atoms with Crippen LogP contribution in [0.4, 0.5) is 10.5 Å². The summed E-state index contributed by atoms with van der Waals surface area (Å²) in [6, 6.07) is 15.1. The van der Waals surface area contributed by atoms with E-state index in [4.69, 9.17) is 4.74 Å². The second kappa shape index (κ2) is 9.22. The topological polar surface area (TPSA) is 61.9 Å². The third-order valence-corrected chi connectivity index (χ3v) is 7.53. The van der Waals surface area contributed by atoms with Gasteiger partial charge in [-0.1, -0.05) is 29.8 Å². The molecule has 2 heterocycles. The number of likely N-dealkylation sites (tertiary alicyclic amines) is 1. The van der Waals surface area contributed by atoms with Gasteiger partial charge in [-0.05, 0) is 51.0 Å². The first-order chi connectivity index (χ1) is 15.0. The van der Waals surface area contributed by atoms with Gasteiger partial charge in [-0.3, -0.25) is 4.79 Å². The predicted molar refractivity (Wildman–Crippen MR) is 125 cm³/mol. The third kappa shape index (κ3) is 4.51. The fourth-order valence-corrected chi connectivity index (χ4v) is 5.72. The monoisotopic (exact) mass is 439 g/mol. The molecule has 0 radical (unpaired) electrons. The Bertz CT molecular complexity index is 939. The molecule has 2 aliphatic rings. The molecule has 0 saturated carbocycles. The Morgan fingerprint density at radius 1 is 1.06 bits per heavy atom. The largest absolute Gasteiger partial charge is 0.492 e. The van der Waals surface area contributed by atoms with Crippen molar-refractivity contribution in [3.63, 3.8) is 0 Å². The molecule has 0 aromatic heterocycles. The van der Waals surface area contributed by atoms with Gasteiger partial charge in [0.1, 0.15) is 5.75 Å². The van der Waals surface area contributed by atoms with Gasteiger partial charge in [-0.15, -0.1) is 11.8 Å². The van der Waals surface area contributed by atoms with Crippen LogP contribution in [-0.4, -0.2) is 58.6 Å². The summed E-state index contributed by atoms with van der Waals surface area (Å²) >= 11 is 1.85. The zero-order valence-electron chi connectivity index (χ0n) is 18.1. The van der Waals surface area contributed by atoms with E-state index >= 15 is 0 Å². The second-order valence-corrected chi connectivity index (χ2v) is 9.42. The lowest BCUT2D eigenvalue weighted by Crippen LogP contribution is -2.54. The Morgan fingerprint density at radius 3 is 2.48 bits per heavy atom. The molecule has 2 fully saturated rings. The number of nitrogens with zero attached hydrogens (tertiary/aromatic N) is 2. The van der Waals surface area contributed by atoms with Gasteiger partial charge in [0.15, 0.2) is 0 Å². The number of ether oxygens (including phenoxy) is 1. The summed E-state index contributed by atoms with van der Waals surface area (Å²) in [5.74, 6) is 1.70. The van der Waals surface area contributed by atoms with Crippen LogP contribution in [0.25, 0.3) is 0 Å². The van der Waals surface area contributed by atoms with Gasteiger partial charge < -0.3 is 19.9 Å². The molecule has 3 amide bonds. The number of rotatable bonds is 4. The highest BCUT2D eigenvalue weighted by Gasteiger charge is 2.47. The Kier molecular flexibility index (Phi) is 6.41. The third-order valence-electron chi connectivity index (χ3n) is 5.98. The lowest BCUT2D eigenvalue weighted by atomic mass is 10.0. The second-order valence-electron chi connectivity index (χ2n) is 7.96. The van der Waals surface area contributed by atoms with Gasteiger partial charge in [0.2, 0.25) is 0 Å². The van der Waals surface area contributed by atoms with E-state index in [-0.39, 0.29) is 16.8 Å². The Balaban J connectivity index is 1.41. The smallest absolute Gasteiger partial charge is 0.321 e. The first-order valence-electron chi connectivity index (χ1n) is 10.8. The van der Waals surface area contributed by atoms with Gasteiger partial charge >= 0.3 is 6.03 Å². The highest BCUT2D eigenvalue weighted by atomic mass is 32.2. The average Bonchev–Trinajstić information content (AvgIpc) is 3.18. The van der Waals surface area contributed by atoms with Crippen LogP contribution in [0.3, 0.4) is 0 Å².